The van der Waals surface area contributed by atoms with Gasteiger partial charge in [0.05, 0.1) is 25.3 Å². The Kier molecular flexibility index (Phi) is 27.5. The minimum atomic E-state index is 0. The molecule has 2 heterocycles. The second kappa shape index (κ2) is 26.2. The molecule has 2 aliphatic heterocycles. The molecule has 6 rings (SSSR count). The van der Waals surface area contributed by atoms with Crippen molar-refractivity contribution in [1.29, 1.82) is 0 Å². The Morgan fingerprint density at radius 1 is 0.636 bits per heavy atom. The molecule has 0 N–H and O–H groups in total. The Labute approximate surface area is 329 Å². The van der Waals surface area contributed by atoms with E-state index in [-0.39, 0.29) is 57.1 Å². The zero-order valence-electron chi connectivity index (χ0n) is 25.6. The van der Waals surface area contributed by atoms with Crippen LogP contribution in [0.15, 0.2) is 107 Å². The van der Waals surface area contributed by atoms with Gasteiger partial charge in [0, 0.05) is 11.8 Å². The van der Waals surface area contributed by atoms with E-state index in [0.717, 1.165) is 22.9 Å². The molecule has 0 saturated carbocycles. The topological polar surface area (TPSA) is 43.2 Å². The molecule has 0 saturated heterocycles. The predicted molar refractivity (Wildman–Crippen MR) is 185 cm³/mol. The third kappa shape index (κ3) is 18.5. The number of nitrogens with zero attached hydrogens (tertiary/aromatic N) is 2. The molecule has 0 spiro atoms. The molecule has 0 radical (unpaired) electrons. The fraction of sp³-hybridized carbons (Fsp3) is 0.353. The maximum Gasteiger partial charge on any atom is -0.172 e. The van der Waals surface area contributed by atoms with Gasteiger partial charge in [-0.15, -0.1) is 0 Å². The van der Waals surface area contributed by atoms with Crippen LogP contribution in [0.2, 0.25) is 0 Å². The molecular formula is C34H40Fe2I2N2O2Pd2. The predicted octanol–water partition coefficient (Wildman–Crippen LogP) is 9.37. The van der Waals surface area contributed by atoms with Gasteiger partial charge < -0.3 is 19.5 Å². The van der Waals surface area contributed by atoms with Crippen LogP contribution in [0.5, 0.6) is 0 Å². The van der Waals surface area contributed by atoms with E-state index in [9.17, 15) is 0 Å². The number of hydrogen-bond donors (Lipinski definition) is 0. The summed E-state index contributed by atoms with van der Waals surface area (Å²) in [6.07, 6.45) is 0. The van der Waals surface area contributed by atoms with Crippen molar-refractivity contribution < 1.29 is 74.8 Å². The van der Waals surface area contributed by atoms with Crippen molar-refractivity contribution in [2.75, 3.05) is 13.2 Å². The maximum atomic E-state index is 5.56. The Balaban J connectivity index is 0. The Hall–Kier alpha value is 0.164. The first-order valence-corrected chi connectivity index (χ1v) is 22.7. The first-order chi connectivity index (χ1) is 20.1. The van der Waals surface area contributed by atoms with E-state index in [0.29, 0.717) is 13.2 Å². The van der Waals surface area contributed by atoms with E-state index in [1.165, 1.54) is 0 Å². The van der Waals surface area contributed by atoms with E-state index < -0.39 is 0 Å². The quantitative estimate of drug-likeness (QED) is 0.114. The normalized spacial score (nSPS) is 16.1. The SMILES string of the molecule is CC(C)(C)[C@@H]1COC(c2[c-]cc[cH-]2)=N1.CC(C)(C)[C@@H]1COC(c2[c-]cc[cH-]2)=N1.[Fe+2].[Fe+2].[Pd+][I].[Pd+][I].c1cc[cH-]c1.c1cc[cH-]c1. The van der Waals surface area contributed by atoms with Gasteiger partial charge in [0.1, 0.15) is 0 Å². The van der Waals surface area contributed by atoms with Gasteiger partial charge in [-0.3, -0.25) is 48.5 Å². The number of aliphatic imine (C=N–C) groups is 2. The summed E-state index contributed by atoms with van der Waals surface area (Å²) < 4.78 is 11.1. The van der Waals surface area contributed by atoms with Crippen molar-refractivity contribution in [2.24, 2.45) is 20.8 Å². The fourth-order valence-corrected chi connectivity index (χ4v) is 3.50. The molecule has 10 heteroatoms. The average molecular weight is 1090 g/mol. The summed E-state index contributed by atoms with van der Waals surface area (Å²) in [6.45, 7) is 14.5. The molecule has 4 aromatic rings. The van der Waals surface area contributed by atoms with Crippen LogP contribution in [0.3, 0.4) is 0 Å². The molecule has 4 aromatic carbocycles. The molecule has 44 heavy (non-hydrogen) atoms. The third-order valence-electron chi connectivity index (χ3n) is 6.07. The molecule has 2 atom stereocenters. The van der Waals surface area contributed by atoms with Crippen LogP contribution in [0, 0.1) is 23.0 Å². The van der Waals surface area contributed by atoms with Gasteiger partial charge in [-0.2, -0.15) is 36.4 Å². The van der Waals surface area contributed by atoms with Gasteiger partial charge in [0.15, 0.2) is 0 Å². The van der Waals surface area contributed by atoms with Gasteiger partial charge in [0.25, 0.3) is 0 Å². The van der Waals surface area contributed by atoms with Gasteiger partial charge in [-0.1, -0.05) is 41.5 Å². The number of ether oxygens (including phenoxy) is 2. The molecule has 0 bridgehead atoms. The van der Waals surface area contributed by atoms with Crippen LogP contribution < -0.4 is 0 Å². The van der Waals surface area contributed by atoms with Crippen molar-refractivity contribution in [1.82, 2.24) is 0 Å². The van der Waals surface area contributed by atoms with E-state index in [1.807, 2.05) is 136 Å². The first kappa shape index (κ1) is 46.3. The van der Waals surface area contributed by atoms with Crippen LogP contribution in [-0.4, -0.2) is 37.1 Å². The molecule has 0 amide bonds. The van der Waals surface area contributed by atoms with Crippen molar-refractivity contribution in [3.8, 4) is 0 Å². The zero-order chi connectivity index (χ0) is 31.4. The van der Waals surface area contributed by atoms with Crippen LogP contribution in [-0.2, 0) is 74.8 Å². The maximum absolute atomic E-state index is 5.56. The van der Waals surface area contributed by atoms with E-state index in [1.54, 1.807) is 0 Å². The van der Waals surface area contributed by atoms with Crippen LogP contribution >= 0.6 is 39.0 Å². The summed E-state index contributed by atoms with van der Waals surface area (Å²) in [7, 11) is 0. The molecule has 4 nitrogen and oxygen atoms in total. The summed E-state index contributed by atoms with van der Waals surface area (Å²) in [6, 6.07) is 38.3. The van der Waals surface area contributed by atoms with Crippen molar-refractivity contribution in [3.63, 3.8) is 0 Å². The molecule has 0 aliphatic carbocycles. The summed E-state index contributed by atoms with van der Waals surface area (Å²) in [4.78, 5) is 9.13. The van der Waals surface area contributed by atoms with E-state index in [2.05, 4.69) is 94.8 Å². The second-order valence-corrected chi connectivity index (χ2v) is 11.3. The van der Waals surface area contributed by atoms with Gasteiger partial charge in [-0.25, -0.2) is 35.4 Å². The molecule has 0 unspecified atom stereocenters. The monoisotopic (exact) mass is 1090 g/mol. The van der Waals surface area contributed by atoms with Gasteiger partial charge >= 0.3 is 104 Å². The molecule has 0 fully saturated rings. The standard InChI is InChI=1S/2C12H15NO.2C5H5.2Fe.2HI.2Pd/c2*1-12(2,3)10-8-14-11(13-10)9-6-4-5-7-9;2*1-2-4-5-3-1;;;;;;/h2*4-6,10H,8H2,1-3H3;2*1-5H;;;2*1H;;/q2*-2;2*-1;2*+2;;;2*+2/p-2/t2*10-;;;;;;;;/m00......../s1. The molecular weight excluding hydrogens is 1050 g/mol. The Morgan fingerprint density at radius 3 is 1.14 bits per heavy atom. The van der Waals surface area contributed by atoms with Crippen LogP contribution in [0.25, 0.3) is 0 Å². The smallest absolute Gasteiger partial charge is 0.172 e. The van der Waals surface area contributed by atoms with Gasteiger partial charge in [0.2, 0.25) is 0 Å². The Bertz CT molecular complexity index is 1070. The van der Waals surface area contributed by atoms with Crippen LogP contribution in [0.4, 0.5) is 0 Å². The van der Waals surface area contributed by atoms with Crippen molar-refractivity contribution in [3.05, 3.63) is 120 Å². The third-order valence-corrected chi connectivity index (χ3v) is 6.07. The molecule has 248 valence electrons. The average Bonchev–Trinajstić information content (AvgIpc) is 3.85. The summed E-state index contributed by atoms with van der Waals surface area (Å²) in [5.74, 6) is 1.49. The largest absolute Gasteiger partial charge is 0.214 e. The van der Waals surface area contributed by atoms with E-state index in [4.69, 9.17) is 9.47 Å². The van der Waals surface area contributed by atoms with Crippen molar-refractivity contribution in [2.45, 2.75) is 53.6 Å². The minimum Gasteiger partial charge on any atom is -0.214 e. The first-order valence-electron chi connectivity index (χ1n) is 13.4. The number of hydrogen-bond acceptors (Lipinski definition) is 4. The van der Waals surface area contributed by atoms with E-state index >= 15 is 0 Å². The van der Waals surface area contributed by atoms with Crippen LogP contribution in [0.1, 0.15) is 52.7 Å². The summed E-state index contributed by atoms with van der Waals surface area (Å²) >= 11 is 9.44. The summed E-state index contributed by atoms with van der Waals surface area (Å²) in [5.41, 5.74) is 2.29. The zero-order valence-corrected chi connectivity index (χ0v) is 35.2. The summed E-state index contributed by atoms with van der Waals surface area (Å²) in [5, 5.41) is 0. The Morgan fingerprint density at radius 2 is 0.955 bits per heavy atom. The molecule has 2 aliphatic rings. The second-order valence-electron chi connectivity index (χ2n) is 11.3. The van der Waals surface area contributed by atoms with Gasteiger partial charge in [-0.05, 0) is 10.8 Å². The number of halogens is 2. The fourth-order valence-electron chi connectivity index (χ4n) is 3.50. The number of rotatable bonds is 2. The minimum absolute atomic E-state index is 0. The van der Waals surface area contributed by atoms with Crippen molar-refractivity contribution >= 4 is 50.8 Å². The molecule has 0 aromatic heterocycles.